The van der Waals surface area contributed by atoms with Crippen molar-refractivity contribution in [3.8, 4) is 5.69 Å². The Morgan fingerprint density at radius 1 is 1.17 bits per heavy atom. The molecule has 1 amide bonds. The summed E-state index contributed by atoms with van der Waals surface area (Å²) in [6.45, 7) is 6.32. The number of hydrogen-bond acceptors (Lipinski definition) is 5. The fourth-order valence-corrected chi connectivity index (χ4v) is 5.67. The van der Waals surface area contributed by atoms with Crippen molar-refractivity contribution in [2.24, 2.45) is 0 Å². The second-order valence-corrected chi connectivity index (χ2v) is 11.5. The topological polar surface area (TPSA) is 73.1 Å². The van der Waals surface area contributed by atoms with Gasteiger partial charge < -0.3 is 4.74 Å². The standard InChI is InChI=1S/C26H29Cl2N5O2/c1-25(2,3)35-24(34)32-14-18-13-19(6-7-21(18)33-16-30-31-22(33)15-32)26(28)10-8-17(9-11-26)20-5-4-12-29-23(20)27/h4-7,12-13,16-17H,8-11,14-15H2,1-3H3. The van der Waals surface area contributed by atoms with Crippen LogP contribution in [0.4, 0.5) is 4.79 Å². The first-order valence-corrected chi connectivity index (χ1v) is 12.7. The first-order valence-electron chi connectivity index (χ1n) is 11.9. The predicted molar refractivity (Wildman–Crippen MR) is 135 cm³/mol. The molecule has 0 atom stereocenters. The Morgan fingerprint density at radius 3 is 2.66 bits per heavy atom. The molecule has 1 aromatic carbocycles. The SMILES string of the molecule is CC(C)(C)OC(=O)N1Cc2cc(C3(Cl)CCC(c4cccnc4Cl)CC3)ccc2-n2cnnc2C1. The highest BCUT2D eigenvalue weighted by Gasteiger charge is 2.37. The van der Waals surface area contributed by atoms with E-state index in [9.17, 15) is 4.79 Å². The number of aromatic nitrogens is 4. The molecule has 1 saturated carbocycles. The largest absolute Gasteiger partial charge is 0.444 e. The minimum atomic E-state index is -0.586. The molecule has 9 heteroatoms. The second kappa shape index (κ2) is 9.10. The van der Waals surface area contributed by atoms with E-state index in [0.29, 0.717) is 30.0 Å². The molecule has 0 unspecified atom stereocenters. The van der Waals surface area contributed by atoms with E-state index in [-0.39, 0.29) is 6.09 Å². The second-order valence-electron chi connectivity index (χ2n) is 10.4. The zero-order chi connectivity index (χ0) is 24.8. The summed E-state index contributed by atoms with van der Waals surface area (Å²) < 4.78 is 7.59. The highest BCUT2D eigenvalue weighted by molar-refractivity contribution is 6.30. The lowest BCUT2D eigenvalue weighted by Crippen LogP contribution is -2.36. The van der Waals surface area contributed by atoms with Gasteiger partial charge in [-0.05, 0) is 81.2 Å². The molecule has 1 aliphatic heterocycles. The Bertz CT molecular complexity index is 1240. The number of pyridine rings is 1. The van der Waals surface area contributed by atoms with E-state index in [0.717, 1.165) is 48.1 Å². The van der Waals surface area contributed by atoms with Crippen LogP contribution in [0, 0.1) is 0 Å². The molecule has 3 aromatic rings. The molecule has 5 rings (SSSR count). The molecule has 0 saturated heterocycles. The van der Waals surface area contributed by atoms with Crippen molar-refractivity contribution in [2.75, 3.05) is 0 Å². The minimum absolute atomic E-state index is 0.318. The minimum Gasteiger partial charge on any atom is -0.444 e. The molecule has 184 valence electrons. The summed E-state index contributed by atoms with van der Waals surface area (Å²) >= 11 is 13.6. The quantitative estimate of drug-likeness (QED) is 0.294. The monoisotopic (exact) mass is 513 g/mol. The predicted octanol–water partition coefficient (Wildman–Crippen LogP) is 6.36. The van der Waals surface area contributed by atoms with E-state index in [1.54, 1.807) is 17.4 Å². The number of nitrogens with zero attached hydrogens (tertiary/aromatic N) is 5. The Kier molecular flexibility index (Phi) is 6.26. The van der Waals surface area contributed by atoms with Crippen LogP contribution in [-0.4, -0.2) is 36.3 Å². The summed E-state index contributed by atoms with van der Waals surface area (Å²) in [6.07, 6.45) is 6.56. The van der Waals surface area contributed by atoms with Gasteiger partial charge in [0.15, 0.2) is 5.82 Å². The smallest absolute Gasteiger partial charge is 0.411 e. The van der Waals surface area contributed by atoms with Crippen LogP contribution in [0.1, 0.15) is 74.9 Å². The first-order chi connectivity index (χ1) is 16.6. The van der Waals surface area contributed by atoms with Gasteiger partial charge in [-0.15, -0.1) is 21.8 Å². The fourth-order valence-electron chi connectivity index (χ4n) is 5.06. The van der Waals surface area contributed by atoms with E-state index >= 15 is 0 Å². The Labute approximate surface area is 215 Å². The molecule has 7 nitrogen and oxygen atoms in total. The molecule has 1 aliphatic carbocycles. The Balaban J connectivity index is 1.42. The number of hydrogen-bond donors (Lipinski definition) is 0. The number of carbonyl (C=O) groups excluding carboxylic acids is 1. The number of amides is 1. The van der Waals surface area contributed by atoms with Crippen LogP contribution in [0.5, 0.6) is 0 Å². The van der Waals surface area contributed by atoms with Crippen LogP contribution in [0.2, 0.25) is 5.15 Å². The maximum atomic E-state index is 13.0. The normalized spacial score (nSPS) is 22.2. The molecular weight excluding hydrogens is 485 g/mol. The van der Waals surface area contributed by atoms with Crippen molar-refractivity contribution < 1.29 is 9.53 Å². The molecule has 35 heavy (non-hydrogen) atoms. The van der Waals surface area contributed by atoms with Gasteiger partial charge in [-0.3, -0.25) is 9.47 Å². The highest BCUT2D eigenvalue weighted by atomic mass is 35.5. The lowest BCUT2D eigenvalue weighted by molar-refractivity contribution is 0.0214. The van der Waals surface area contributed by atoms with Crippen molar-refractivity contribution in [3.05, 3.63) is 70.5 Å². The van der Waals surface area contributed by atoms with Crippen molar-refractivity contribution in [1.82, 2.24) is 24.6 Å². The number of carbonyl (C=O) groups is 1. The van der Waals surface area contributed by atoms with Crippen molar-refractivity contribution in [3.63, 3.8) is 0 Å². The third-order valence-electron chi connectivity index (χ3n) is 6.83. The Morgan fingerprint density at radius 2 is 1.94 bits per heavy atom. The van der Waals surface area contributed by atoms with Crippen LogP contribution < -0.4 is 0 Å². The summed E-state index contributed by atoms with van der Waals surface area (Å²) in [4.78, 5) is 18.4. The molecular formula is C26H29Cl2N5O2. The highest BCUT2D eigenvalue weighted by Crippen LogP contribution is 2.49. The third kappa shape index (κ3) is 4.89. The van der Waals surface area contributed by atoms with Crippen LogP contribution in [0.15, 0.2) is 42.9 Å². The number of alkyl halides is 1. The average Bonchev–Trinajstić information content (AvgIpc) is 3.20. The summed E-state index contributed by atoms with van der Waals surface area (Å²) in [5.41, 5.74) is 3.52. The number of halogens is 2. The van der Waals surface area contributed by atoms with E-state index in [2.05, 4.69) is 39.4 Å². The lowest BCUT2D eigenvalue weighted by atomic mass is 9.75. The zero-order valence-corrected chi connectivity index (χ0v) is 21.7. The lowest BCUT2D eigenvalue weighted by Gasteiger charge is -2.36. The summed E-state index contributed by atoms with van der Waals surface area (Å²) in [5.74, 6) is 1.04. The third-order valence-corrected chi connectivity index (χ3v) is 7.74. The van der Waals surface area contributed by atoms with E-state index < -0.39 is 10.5 Å². The van der Waals surface area contributed by atoms with E-state index in [1.165, 1.54) is 0 Å². The number of fused-ring (bicyclic) bond motifs is 3. The number of rotatable bonds is 2. The van der Waals surface area contributed by atoms with Gasteiger partial charge in [-0.1, -0.05) is 29.8 Å². The van der Waals surface area contributed by atoms with Crippen molar-refractivity contribution >= 4 is 29.3 Å². The number of ether oxygens (including phenoxy) is 1. The number of benzene rings is 1. The summed E-state index contributed by atoms with van der Waals surface area (Å²) in [5, 5.41) is 8.89. The van der Waals surface area contributed by atoms with Gasteiger partial charge in [-0.25, -0.2) is 9.78 Å². The molecule has 0 spiro atoms. The van der Waals surface area contributed by atoms with Crippen molar-refractivity contribution in [2.45, 2.75) is 75.9 Å². The van der Waals surface area contributed by atoms with E-state index in [1.807, 2.05) is 31.4 Å². The van der Waals surface area contributed by atoms with Crippen LogP contribution in [-0.2, 0) is 22.7 Å². The Hall–Kier alpha value is -2.64. The molecule has 0 N–H and O–H groups in total. The molecule has 1 fully saturated rings. The molecule has 3 heterocycles. The molecule has 2 aromatic heterocycles. The van der Waals surface area contributed by atoms with Gasteiger partial charge in [0.2, 0.25) is 0 Å². The maximum Gasteiger partial charge on any atom is 0.411 e. The van der Waals surface area contributed by atoms with Crippen LogP contribution >= 0.6 is 23.2 Å². The van der Waals surface area contributed by atoms with Gasteiger partial charge >= 0.3 is 6.09 Å². The van der Waals surface area contributed by atoms with Crippen molar-refractivity contribution in [1.29, 1.82) is 0 Å². The first kappa shape index (κ1) is 24.1. The van der Waals surface area contributed by atoms with E-state index in [4.69, 9.17) is 27.9 Å². The van der Waals surface area contributed by atoms with Gasteiger partial charge in [0.1, 0.15) is 17.1 Å². The fraction of sp³-hybridized carbons (Fsp3) is 0.462. The maximum absolute atomic E-state index is 13.0. The van der Waals surface area contributed by atoms with Gasteiger partial charge in [0, 0.05) is 6.20 Å². The van der Waals surface area contributed by atoms with Crippen LogP contribution in [0.3, 0.4) is 0 Å². The van der Waals surface area contributed by atoms with Crippen LogP contribution in [0.25, 0.3) is 5.69 Å². The summed E-state index contributed by atoms with van der Waals surface area (Å²) in [7, 11) is 0. The van der Waals surface area contributed by atoms with Gasteiger partial charge in [-0.2, -0.15) is 0 Å². The molecule has 0 bridgehead atoms. The molecule has 0 radical (unpaired) electrons. The van der Waals surface area contributed by atoms with Gasteiger partial charge in [0.05, 0.1) is 23.7 Å². The van der Waals surface area contributed by atoms with Gasteiger partial charge in [0.25, 0.3) is 0 Å². The summed E-state index contributed by atoms with van der Waals surface area (Å²) in [6, 6.07) is 10.3. The zero-order valence-electron chi connectivity index (χ0n) is 20.2. The average molecular weight is 514 g/mol. The molecule has 2 aliphatic rings.